The molecule has 2 rings (SSSR count). The summed E-state index contributed by atoms with van der Waals surface area (Å²) in [5.41, 5.74) is 8.81. The number of nitrogen functional groups attached to an aromatic ring is 1. The first-order valence-corrected chi connectivity index (χ1v) is 6.65. The molecule has 0 saturated carbocycles. The SMILES string of the molecule is COc1cc(NCc2cc(C)c(C)s2)ccc1N. The van der Waals surface area contributed by atoms with E-state index in [1.165, 1.54) is 15.3 Å². The van der Waals surface area contributed by atoms with Gasteiger partial charge in [-0.1, -0.05) is 0 Å². The standard InChI is InChI=1S/C14H18N2OS/c1-9-6-12(18-10(9)2)8-16-11-4-5-13(15)14(7-11)17-3/h4-7,16H,8,15H2,1-3H3. The maximum atomic E-state index is 5.78. The molecule has 4 heteroatoms. The zero-order valence-electron chi connectivity index (χ0n) is 10.9. The van der Waals surface area contributed by atoms with E-state index in [9.17, 15) is 0 Å². The molecule has 1 heterocycles. The number of benzene rings is 1. The quantitative estimate of drug-likeness (QED) is 0.828. The van der Waals surface area contributed by atoms with Gasteiger partial charge in [0, 0.05) is 28.1 Å². The molecule has 3 nitrogen and oxygen atoms in total. The van der Waals surface area contributed by atoms with Crippen LogP contribution in [0.15, 0.2) is 24.3 Å². The Balaban J connectivity index is 2.06. The number of hydrogen-bond acceptors (Lipinski definition) is 4. The Kier molecular flexibility index (Phi) is 3.77. The molecule has 0 aliphatic rings. The minimum absolute atomic E-state index is 0.658. The van der Waals surface area contributed by atoms with Gasteiger partial charge in [-0.15, -0.1) is 11.3 Å². The van der Waals surface area contributed by atoms with Gasteiger partial charge in [0.15, 0.2) is 0 Å². The molecule has 0 spiro atoms. The van der Waals surface area contributed by atoms with Gasteiger partial charge in [-0.25, -0.2) is 0 Å². The minimum atomic E-state index is 0.658. The number of hydrogen-bond donors (Lipinski definition) is 2. The summed E-state index contributed by atoms with van der Waals surface area (Å²) in [5.74, 6) is 0.707. The molecule has 0 radical (unpaired) electrons. The van der Waals surface area contributed by atoms with Crippen molar-refractivity contribution in [1.29, 1.82) is 0 Å². The molecule has 18 heavy (non-hydrogen) atoms. The highest BCUT2D eigenvalue weighted by atomic mass is 32.1. The fourth-order valence-corrected chi connectivity index (χ4v) is 2.74. The number of nitrogens with one attached hydrogen (secondary N) is 1. The van der Waals surface area contributed by atoms with Crippen molar-refractivity contribution in [2.24, 2.45) is 0 Å². The topological polar surface area (TPSA) is 47.3 Å². The van der Waals surface area contributed by atoms with Crippen LogP contribution in [0.3, 0.4) is 0 Å². The first-order valence-electron chi connectivity index (χ1n) is 5.83. The van der Waals surface area contributed by atoms with Crippen molar-refractivity contribution in [2.75, 3.05) is 18.2 Å². The second-order valence-electron chi connectivity index (χ2n) is 4.26. The summed E-state index contributed by atoms with van der Waals surface area (Å²) in [6, 6.07) is 7.96. The summed E-state index contributed by atoms with van der Waals surface area (Å²) < 4.78 is 5.20. The van der Waals surface area contributed by atoms with E-state index in [-0.39, 0.29) is 0 Å². The average Bonchev–Trinajstić information content (AvgIpc) is 2.68. The summed E-state index contributed by atoms with van der Waals surface area (Å²) in [7, 11) is 1.63. The van der Waals surface area contributed by atoms with Crippen LogP contribution < -0.4 is 15.8 Å². The van der Waals surface area contributed by atoms with E-state index >= 15 is 0 Å². The summed E-state index contributed by atoms with van der Waals surface area (Å²) in [4.78, 5) is 2.71. The summed E-state index contributed by atoms with van der Waals surface area (Å²) >= 11 is 1.83. The van der Waals surface area contributed by atoms with Crippen molar-refractivity contribution in [3.8, 4) is 5.75 Å². The van der Waals surface area contributed by atoms with Gasteiger partial charge < -0.3 is 15.8 Å². The van der Waals surface area contributed by atoms with Crippen LogP contribution >= 0.6 is 11.3 Å². The Morgan fingerprint density at radius 1 is 1.28 bits per heavy atom. The second kappa shape index (κ2) is 5.31. The highest BCUT2D eigenvalue weighted by Gasteiger charge is 2.03. The predicted octanol–water partition coefficient (Wildman–Crippen LogP) is 3.57. The van der Waals surface area contributed by atoms with Crippen molar-refractivity contribution in [2.45, 2.75) is 20.4 Å². The molecule has 0 amide bonds. The zero-order valence-corrected chi connectivity index (χ0v) is 11.7. The highest BCUT2D eigenvalue weighted by Crippen LogP contribution is 2.26. The zero-order chi connectivity index (χ0) is 13.1. The summed E-state index contributed by atoms with van der Waals surface area (Å²) in [5, 5.41) is 3.38. The van der Waals surface area contributed by atoms with Gasteiger partial charge in [0.1, 0.15) is 5.75 Å². The third-order valence-electron chi connectivity index (χ3n) is 2.92. The minimum Gasteiger partial charge on any atom is -0.495 e. The number of aryl methyl sites for hydroxylation is 2. The van der Waals surface area contributed by atoms with Crippen LogP contribution in [0, 0.1) is 13.8 Å². The lowest BCUT2D eigenvalue weighted by atomic mass is 10.2. The highest BCUT2D eigenvalue weighted by molar-refractivity contribution is 7.12. The number of rotatable bonds is 4. The number of thiophene rings is 1. The van der Waals surface area contributed by atoms with Gasteiger partial charge in [-0.3, -0.25) is 0 Å². The molecule has 2 aromatic rings. The number of nitrogens with two attached hydrogens (primary N) is 1. The van der Waals surface area contributed by atoms with Gasteiger partial charge in [0.25, 0.3) is 0 Å². The maximum absolute atomic E-state index is 5.78. The smallest absolute Gasteiger partial charge is 0.143 e. The molecule has 3 N–H and O–H groups in total. The van der Waals surface area contributed by atoms with Crippen molar-refractivity contribution < 1.29 is 4.74 Å². The van der Waals surface area contributed by atoms with Gasteiger partial charge in [0.05, 0.1) is 12.8 Å². The first-order chi connectivity index (χ1) is 8.60. The molecule has 0 fully saturated rings. The van der Waals surface area contributed by atoms with E-state index in [2.05, 4.69) is 25.2 Å². The van der Waals surface area contributed by atoms with Gasteiger partial charge in [0.2, 0.25) is 0 Å². The molecule has 1 aromatic carbocycles. The van der Waals surface area contributed by atoms with E-state index in [1.807, 2.05) is 29.5 Å². The molecular weight excluding hydrogens is 244 g/mol. The van der Waals surface area contributed by atoms with E-state index in [0.29, 0.717) is 11.4 Å². The Bertz CT molecular complexity index is 529. The van der Waals surface area contributed by atoms with Crippen molar-refractivity contribution in [1.82, 2.24) is 0 Å². The van der Waals surface area contributed by atoms with Gasteiger partial charge in [-0.05, 0) is 37.6 Å². The van der Waals surface area contributed by atoms with Crippen LogP contribution in [0.25, 0.3) is 0 Å². The Morgan fingerprint density at radius 2 is 2.06 bits per heavy atom. The fourth-order valence-electron chi connectivity index (χ4n) is 1.75. The Morgan fingerprint density at radius 3 is 2.67 bits per heavy atom. The van der Waals surface area contributed by atoms with Crippen LogP contribution in [-0.4, -0.2) is 7.11 Å². The Labute approximate surface area is 112 Å². The molecule has 96 valence electrons. The monoisotopic (exact) mass is 262 g/mol. The first kappa shape index (κ1) is 12.8. The third kappa shape index (κ3) is 2.76. The van der Waals surface area contributed by atoms with Crippen molar-refractivity contribution >= 4 is 22.7 Å². The van der Waals surface area contributed by atoms with Crippen LogP contribution in [0.4, 0.5) is 11.4 Å². The average molecular weight is 262 g/mol. The fraction of sp³-hybridized carbons (Fsp3) is 0.286. The van der Waals surface area contributed by atoms with E-state index < -0.39 is 0 Å². The van der Waals surface area contributed by atoms with Gasteiger partial charge >= 0.3 is 0 Å². The lowest BCUT2D eigenvalue weighted by Gasteiger charge is -2.09. The lowest BCUT2D eigenvalue weighted by molar-refractivity contribution is 0.417. The van der Waals surface area contributed by atoms with E-state index in [0.717, 1.165) is 12.2 Å². The molecule has 0 aliphatic carbocycles. The largest absolute Gasteiger partial charge is 0.495 e. The van der Waals surface area contributed by atoms with Gasteiger partial charge in [-0.2, -0.15) is 0 Å². The molecule has 0 aliphatic heterocycles. The van der Waals surface area contributed by atoms with Crippen molar-refractivity contribution in [3.63, 3.8) is 0 Å². The number of anilines is 2. The Hall–Kier alpha value is -1.68. The van der Waals surface area contributed by atoms with Crippen LogP contribution in [0.5, 0.6) is 5.75 Å². The summed E-state index contributed by atoms with van der Waals surface area (Å²) in [6.07, 6.45) is 0. The van der Waals surface area contributed by atoms with Crippen LogP contribution in [0.2, 0.25) is 0 Å². The normalized spacial score (nSPS) is 10.4. The molecule has 0 unspecified atom stereocenters. The molecule has 0 atom stereocenters. The summed E-state index contributed by atoms with van der Waals surface area (Å²) in [6.45, 7) is 5.11. The molecule has 0 saturated heterocycles. The lowest BCUT2D eigenvalue weighted by Crippen LogP contribution is -1.99. The maximum Gasteiger partial charge on any atom is 0.143 e. The third-order valence-corrected chi connectivity index (χ3v) is 4.07. The predicted molar refractivity (Wildman–Crippen MR) is 78.5 cm³/mol. The molecular formula is C14H18N2OS. The molecule has 0 bridgehead atoms. The second-order valence-corrected chi connectivity index (χ2v) is 5.60. The van der Waals surface area contributed by atoms with E-state index in [1.54, 1.807) is 7.11 Å². The van der Waals surface area contributed by atoms with Crippen molar-refractivity contribution in [3.05, 3.63) is 39.6 Å². The van der Waals surface area contributed by atoms with Crippen LogP contribution in [0.1, 0.15) is 15.3 Å². The number of methoxy groups -OCH3 is 1. The number of ether oxygens (including phenoxy) is 1. The van der Waals surface area contributed by atoms with E-state index in [4.69, 9.17) is 10.5 Å². The molecule has 1 aromatic heterocycles. The van der Waals surface area contributed by atoms with Crippen LogP contribution in [-0.2, 0) is 6.54 Å².